The van der Waals surface area contributed by atoms with Crippen molar-refractivity contribution in [3.8, 4) is 5.75 Å². The summed E-state index contributed by atoms with van der Waals surface area (Å²) >= 11 is 3.06. The van der Waals surface area contributed by atoms with E-state index in [-0.39, 0.29) is 11.4 Å². The molecule has 0 amide bonds. The molecule has 92 valence electrons. The van der Waals surface area contributed by atoms with Crippen LogP contribution in [-0.2, 0) is 9.53 Å². The van der Waals surface area contributed by atoms with Crippen molar-refractivity contribution in [2.75, 3.05) is 7.11 Å². The number of hydrogen-bond acceptors (Lipinski definition) is 6. The van der Waals surface area contributed by atoms with Gasteiger partial charge in [-0.05, 0) is 22.9 Å². The number of methoxy groups -OCH3 is 1. The monoisotopic (exact) mass is 304 g/mol. The summed E-state index contributed by atoms with van der Waals surface area (Å²) in [6.07, 6.45) is 0.108. The first kappa shape index (κ1) is 13.4. The van der Waals surface area contributed by atoms with E-state index in [1.54, 1.807) is 0 Å². The summed E-state index contributed by atoms with van der Waals surface area (Å²) in [6, 6.07) is 1.32. The van der Waals surface area contributed by atoms with Gasteiger partial charge in [0.15, 0.2) is 6.10 Å². The smallest absolute Gasteiger partial charge is 0.346 e. The minimum absolute atomic E-state index is 0.0465. The molecule has 0 bridgehead atoms. The summed E-state index contributed by atoms with van der Waals surface area (Å²) in [5.41, 5.74) is -0.316. The van der Waals surface area contributed by atoms with Crippen LogP contribution in [0.2, 0.25) is 0 Å². The summed E-state index contributed by atoms with van der Waals surface area (Å²) in [6.45, 7) is 1.43. The molecule has 1 atom stereocenters. The van der Waals surface area contributed by atoms with Crippen LogP contribution in [0, 0.1) is 10.1 Å². The number of nitro groups is 1. The highest BCUT2D eigenvalue weighted by atomic mass is 79.9. The number of ether oxygens (including phenoxy) is 2. The van der Waals surface area contributed by atoms with Crippen LogP contribution in [-0.4, -0.2) is 29.1 Å². The third-order valence-corrected chi connectivity index (χ3v) is 2.28. The number of aromatic nitrogens is 1. The minimum Gasteiger partial charge on any atom is -0.472 e. The summed E-state index contributed by atoms with van der Waals surface area (Å²) in [5, 5.41) is 10.7. The number of carbonyl (C=O) groups is 1. The zero-order valence-electron chi connectivity index (χ0n) is 9.05. The van der Waals surface area contributed by atoms with E-state index < -0.39 is 17.0 Å². The Bertz CT molecular complexity index is 451. The highest BCUT2D eigenvalue weighted by Gasteiger charge is 2.22. The largest absolute Gasteiger partial charge is 0.472 e. The Hall–Kier alpha value is -1.70. The molecule has 0 aromatic carbocycles. The van der Waals surface area contributed by atoms with Gasteiger partial charge >= 0.3 is 11.7 Å². The quantitative estimate of drug-likeness (QED) is 0.364. The Morgan fingerprint density at radius 2 is 2.29 bits per heavy atom. The van der Waals surface area contributed by atoms with E-state index in [2.05, 4.69) is 25.7 Å². The van der Waals surface area contributed by atoms with E-state index in [0.29, 0.717) is 4.60 Å². The minimum atomic E-state index is -0.937. The highest BCUT2D eigenvalue weighted by molar-refractivity contribution is 9.10. The third kappa shape index (κ3) is 3.38. The van der Waals surface area contributed by atoms with Crippen molar-refractivity contribution in [2.24, 2.45) is 0 Å². The standard InChI is InChI=1S/C9H9BrN2O5/c1-5(9(13)16-2)17-7-3-8(10)11-4-6(7)12(14)15/h3-5H,1-2H3. The number of hydrogen-bond donors (Lipinski definition) is 0. The predicted molar refractivity (Wildman–Crippen MR) is 60.7 cm³/mol. The first-order chi connectivity index (χ1) is 7.95. The zero-order valence-corrected chi connectivity index (χ0v) is 10.6. The van der Waals surface area contributed by atoms with Crippen molar-refractivity contribution >= 4 is 27.6 Å². The maximum Gasteiger partial charge on any atom is 0.346 e. The molecule has 7 nitrogen and oxygen atoms in total. The lowest BCUT2D eigenvalue weighted by Crippen LogP contribution is -2.25. The van der Waals surface area contributed by atoms with Crippen LogP contribution in [0.15, 0.2) is 16.9 Å². The number of rotatable bonds is 4. The molecule has 1 aromatic rings. The summed E-state index contributed by atoms with van der Waals surface area (Å²) in [4.78, 5) is 24.9. The summed E-state index contributed by atoms with van der Waals surface area (Å²) in [7, 11) is 1.21. The van der Waals surface area contributed by atoms with Gasteiger partial charge in [-0.2, -0.15) is 0 Å². The fourth-order valence-corrected chi connectivity index (χ4v) is 1.35. The highest BCUT2D eigenvalue weighted by Crippen LogP contribution is 2.29. The molecular weight excluding hydrogens is 296 g/mol. The van der Waals surface area contributed by atoms with Gasteiger partial charge in [-0.3, -0.25) is 10.1 Å². The number of nitrogens with zero attached hydrogens (tertiary/aromatic N) is 2. The molecule has 0 radical (unpaired) electrons. The van der Waals surface area contributed by atoms with Crippen molar-refractivity contribution in [1.29, 1.82) is 0 Å². The van der Waals surface area contributed by atoms with Gasteiger partial charge in [0.25, 0.3) is 0 Å². The van der Waals surface area contributed by atoms with Gasteiger partial charge in [-0.15, -0.1) is 0 Å². The van der Waals surface area contributed by atoms with E-state index in [1.807, 2.05) is 0 Å². The molecule has 1 heterocycles. The average Bonchev–Trinajstić information content (AvgIpc) is 2.27. The van der Waals surface area contributed by atoms with E-state index in [0.717, 1.165) is 6.20 Å². The van der Waals surface area contributed by atoms with Crippen LogP contribution in [0.25, 0.3) is 0 Å². The molecule has 1 unspecified atom stereocenters. The van der Waals surface area contributed by atoms with Gasteiger partial charge in [0.2, 0.25) is 5.75 Å². The molecule has 8 heteroatoms. The molecule has 0 saturated heterocycles. The normalized spacial score (nSPS) is 11.7. The van der Waals surface area contributed by atoms with Gasteiger partial charge in [0.05, 0.1) is 12.0 Å². The van der Waals surface area contributed by atoms with Crippen molar-refractivity contribution in [2.45, 2.75) is 13.0 Å². The number of esters is 1. The molecule has 0 fully saturated rings. The van der Waals surface area contributed by atoms with E-state index in [1.165, 1.54) is 20.1 Å². The number of pyridine rings is 1. The van der Waals surface area contributed by atoms with Crippen LogP contribution in [0.5, 0.6) is 5.75 Å². The predicted octanol–water partition coefficient (Wildman–Crippen LogP) is 1.69. The first-order valence-corrected chi connectivity index (χ1v) is 5.29. The molecule has 0 aliphatic carbocycles. The lowest BCUT2D eigenvalue weighted by Gasteiger charge is -2.12. The van der Waals surface area contributed by atoms with Crippen molar-refractivity contribution in [3.63, 3.8) is 0 Å². The Morgan fingerprint density at radius 1 is 1.65 bits per heavy atom. The zero-order chi connectivity index (χ0) is 13.0. The molecule has 1 rings (SSSR count). The maximum absolute atomic E-state index is 11.1. The SMILES string of the molecule is COC(=O)C(C)Oc1cc(Br)ncc1[N+](=O)[O-]. The fourth-order valence-electron chi connectivity index (χ4n) is 1.04. The molecular formula is C9H9BrN2O5. The van der Waals surface area contributed by atoms with Crippen LogP contribution in [0.1, 0.15) is 6.92 Å². The van der Waals surface area contributed by atoms with Crippen LogP contribution in [0.4, 0.5) is 5.69 Å². The second-order valence-corrected chi connectivity index (χ2v) is 3.83. The van der Waals surface area contributed by atoms with Crippen LogP contribution >= 0.6 is 15.9 Å². The topological polar surface area (TPSA) is 91.6 Å². The number of halogens is 1. The number of carbonyl (C=O) groups excluding carboxylic acids is 1. The second-order valence-electron chi connectivity index (χ2n) is 3.02. The van der Waals surface area contributed by atoms with Gasteiger partial charge in [-0.1, -0.05) is 0 Å². The molecule has 0 aliphatic heterocycles. The van der Waals surface area contributed by atoms with E-state index in [4.69, 9.17) is 4.74 Å². The van der Waals surface area contributed by atoms with Gasteiger partial charge in [0.1, 0.15) is 10.8 Å². The molecule has 0 N–H and O–H groups in total. The summed E-state index contributed by atoms with van der Waals surface area (Å²) in [5.74, 6) is -0.665. The average molecular weight is 305 g/mol. The van der Waals surface area contributed by atoms with Gasteiger partial charge in [0, 0.05) is 6.07 Å². The Balaban J connectivity index is 3.00. The van der Waals surface area contributed by atoms with Crippen LogP contribution in [0.3, 0.4) is 0 Å². The van der Waals surface area contributed by atoms with Crippen LogP contribution < -0.4 is 4.74 Å². The van der Waals surface area contributed by atoms with E-state index in [9.17, 15) is 14.9 Å². The van der Waals surface area contributed by atoms with Gasteiger partial charge in [-0.25, -0.2) is 9.78 Å². The fraction of sp³-hybridized carbons (Fsp3) is 0.333. The lowest BCUT2D eigenvalue weighted by molar-refractivity contribution is -0.386. The molecule has 0 saturated carbocycles. The lowest BCUT2D eigenvalue weighted by atomic mass is 10.3. The first-order valence-electron chi connectivity index (χ1n) is 4.50. The Kier molecular flexibility index (Phi) is 4.38. The third-order valence-electron chi connectivity index (χ3n) is 1.85. The maximum atomic E-state index is 11.1. The molecule has 0 aliphatic rings. The van der Waals surface area contributed by atoms with Crippen molar-refractivity contribution in [1.82, 2.24) is 4.98 Å². The second kappa shape index (κ2) is 5.58. The molecule has 17 heavy (non-hydrogen) atoms. The van der Waals surface area contributed by atoms with Crippen molar-refractivity contribution < 1.29 is 19.2 Å². The molecule has 0 spiro atoms. The molecule has 1 aromatic heterocycles. The van der Waals surface area contributed by atoms with Gasteiger partial charge < -0.3 is 9.47 Å². The van der Waals surface area contributed by atoms with Crippen molar-refractivity contribution in [3.05, 3.63) is 27.0 Å². The Labute approximate surface area is 105 Å². The van der Waals surface area contributed by atoms with E-state index >= 15 is 0 Å². The summed E-state index contributed by atoms with van der Waals surface area (Å²) < 4.78 is 9.98. The Morgan fingerprint density at radius 3 is 2.82 bits per heavy atom.